The fourth-order valence-electron chi connectivity index (χ4n) is 1.36. The monoisotopic (exact) mass is 288 g/mol. The summed E-state index contributed by atoms with van der Waals surface area (Å²) in [6.45, 7) is 0. The summed E-state index contributed by atoms with van der Waals surface area (Å²) >= 11 is 0. The normalized spacial score (nSPS) is 15.4. The average Bonchev–Trinajstić information content (AvgIpc) is 2.16. The molecule has 1 saturated carbocycles. The van der Waals surface area contributed by atoms with E-state index in [0.29, 0.717) is 12.8 Å². The summed E-state index contributed by atoms with van der Waals surface area (Å²) < 4.78 is 29.7. The van der Waals surface area contributed by atoms with Gasteiger partial charge in [0, 0.05) is 0 Å². The van der Waals surface area contributed by atoms with Gasteiger partial charge in [0.1, 0.15) is 0 Å². The second-order valence-corrected chi connectivity index (χ2v) is 5.04. The second kappa shape index (κ2) is 9.48. The summed E-state index contributed by atoms with van der Waals surface area (Å²) in [5.41, 5.74) is 0. The highest BCUT2D eigenvalue weighted by atomic mass is 32.2. The Morgan fingerprint density at radius 1 is 0.833 bits per heavy atom. The van der Waals surface area contributed by atoms with Gasteiger partial charge in [-0.1, -0.05) is 19.3 Å². The molecule has 0 atom stereocenters. The lowest BCUT2D eigenvalue weighted by molar-refractivity contribution is 0.135. The highest BCUT2D eigenvalue weighted by Crippen LogP contribution is 2.22. The van der Waals surface area contributed by atoms with Crippen LogP contribution in [0.2, 0.25) is 0 Å². The van der Waals surface area contributed by atoms with Gasteiger partial charge in [-0.2, -0.15) is 8.42 Å². The van der Waals surface area contributed by atoms with Gasteiger partial charge in [-0.05, 0) is 12.8 Å². The standard InChI is InChI=1S/C6H12O3S.2CH2O3/c7-10(8,9)6-4-2-1-3-5-6;2*2-1(3)4/h6H,1-5H2,(H,7,8,9);2*(H2,2,3,4). The van der Waals surface area contributed by atoms with Gasteiger partial charge in [-0.25, -0.2) is 9.59 Å². The van der Waals surface area contributed by atoms with Gasteiger partial charge in [0.05, 0.1) is 5.25 Å². The highest BCUT2D eigenvalue weighted by Gasteiger charge is 2.24. The molecule has 0 spiro atoms. The first-order valence-electron chi connectivity index (χ1n) is 4.87. The van der Waals surface area contributed by atoms with Crippen LogP contribution in [0.15, 0.2) is 0 Å². The molecule has 1 aliphatic rings. The smallest absolute Gasteiger partial charge is 0.450 e. The van der Waals surface area contributed by atoms with Crippen LogP contribution in [0.3, 0.4) is 0 Å². The molecule has 108 valence electrons. The van der Waals surface area contributed by atoms with Gasteiger partial charge in [0.15, 0.2) is 0 Å². The van der Waals surface area contributed by atoms with Crippen molar-refractivity contribution in [2.45, 2.75) is 37.4 Å². The summed E-state index contributed by atoms with van der Waals surface area (Å²) in [5.74, 6) is 0. The lowest BCUT2D eigenvalue weighted by atomic mass is 10.0. The van der Waals surface area contributed by atoms with Crippen molar-refractivity contribution < 1.29 is 43.0 Å². The zero-order valence-electron chi connectivity index (χ0n) is 9.39. The first-order chi connectivity index (χ1) is 8.07. The minimum Gasteiger partial charge on any atom is -0.450 e. The maximum absolute atomic E-state index is 10.5. The predicted molar refractivity (Wildman–Crippen MR) is 59.7 cm³/mol. The molecule has 0 aromatic heterocycles. The Bertz CT molecular complexity index is 322. The second-order valence-electron chi connectivity index (χ2n) is 3.34. The van der Waals surface area contributed by atoms with Gasteiger partial charge in [0.25, 0.3) is 10.1 Å². The molecule has 0 heterocycles. The number of rotatable bonds is 1. The molecule has 0 unspecified atom stereocenters. The van der Waals surface area contributed by atoms with Crippen LogP contribution in [0.5, 0.6) is 0 Å². The van der Waals surface area contributed by atoms with Gasteiger partial charge in [-0.3, -0.25) is 4.55 Å². The fraction of sp³-hybridized carbons (Fsp3) is 0.750. The highest BCUT2D eigenvalue weighted by molar-refractivity contribution is 7.86. The van der Waals surface area contributed by atoms with E-state index in [0.717, 1.165) is 19.3 Å². The third-order valence-electron chi connectivity index (χ3n) is 1.97. The molecule has 18 heavy (non-hydrogen) atoms. The largest absolute Gasteiger partial charge is 0.503 e. The van der Waals surface area contributed by atoms with Gasteiger partial charge >= 0.3 is 12.3 Å². The van der Waals surface area contributed by atoms with Crippen molar-refractivity contribution >= 4 is 22.4 Å². The molecule has 10 heteroatoms. The molecule has 1 fully saturated rings. The van der Waals surface area contributed by atoms with E-state index in [9.17, 15) is 8.42 Å². The summed E-state index contributed by atoms with van der Waals surface area (Å²) in [5, 5.41) is 27.4. The van der Waals surface area contributed by atoms with Crippen LogP contribution in [0.1, 0.15) is 32.1 Å². The van der Waals surface area contributed by atoms with Crippen LogP contribution in [-0.2, 0) is 10.1 Å². The van der Waals surface area contributed by atoms with Crippen molar-refractivity contribution in [3.05, 3.63) is 0 Å². The van der Waals surface area contributed by atoms with Gasteiger partial charge < -0.3 is 20.4 Å². The quantitative estimate of drug-likeness (QED) is 0.450. The molecular weight excluding hydrogens is 272 g/mol. The summed E-state index contributed by atoms with van der Waals surface area (Å²) in [6, 6.07) is 0. The summed E-state index contributed by atoms with van der Waals surface area (Å²) in [7, 11) is -3.73. The molecule has 0 amide bonds. The Morgan fingerprint density at radius 2 is 1.11 bits per heavy atom. The number of hydrogen-bond donors (Lipinski definition) is 5. The van der Waals surface area contributed by atoms with E-state index in [1.54, 1.807) is 0 Å². The Balaban J connectivity index is 0. The molecule has 1 aliphatic carbocycles. The first-order valence-corrected chi connectivity index (χ1v) is 6.37. The summed E-state index contributed by atoms with van der Waals surface area (Å²) in [4.78, 5) is 17.1. The minimum absolute atomic E-state index is 0.471. The molecule has 0 radical (unpaired) electrons. The molecule has 9 nitrogen and oxygen atoms in total. The van der Waals surface area contributed by atoms with E-state index in [2.05, 4.69) is 0 Å². The van der Waals surface area contributed by atoms with E-state index >= 15 is 0 Å². The predicted octanol–water partition coefficient (Wildman–Crippen LogP) is 1.65. The Labute approximate surface area is 103 Å². The van der Waals surface area contributed by atoms with Crippen molar-refractivity contribution in [1.82, 2.24) is 0 Å². The van der Waals surface area contributed by atoms with Gasteiger partial charge in [-0.15, -0.1) is 0 Å². The van der Waals surface area contributed by atoms with Crippen molar-refractivity contribution in [3.8, 4) is 0 Å². The maximum Gasteiger partial charge on any atom is 0.503 e. The number of carboxylic acid groups (broad SMARTS) is 4. The van der Waals surface area contributed by atoms with E-state index in [1.807, 2.05) is 0 Å². The third kappa shape index (κ3) is 16.9. The minimum atomic E-state index is -3.73. The molecule has 0 saturated heterocycles. The van der Waals surface area contributed by atoms with Crippen LogP contribution in [0.4, 0.5) is 9.59 Å². The molecular formula is C8H16O9S. The van der Waals surface area contributed by atoms with Crippen molar-refractivity contribution in [2.24, 2.45) is 0 Å². The maximum atomic E-state index is 10.5. The third-order valence-corrected chi connectivity index (χ3v) is 3.29. The zero-order chi connectivity index (χ0) is 14.8. The lowest BCUT2D eigenvalue weighted by Gasteiger charge is -2.17. The van der Waals surface area contributed by atoms with E-state index < -0.39 is 27.7 Å². The van der Waals surface area contributed by atoms with Crippen molar-refractivity contribution in [1.29, 1.82) is 0 Å². The average molecular weight is 288 g/mol. The zero-order valence-corrected chi connectivity index (χ0v) is 10.2. The Morgan fingerprint density at radius 3 is 1.28 bits per heavy atom. The molecule has 0 aliphatic heterocycles. The van der Waals surface area contributed by atoms with Crippen LogP contribution >= 0.6 is 0 Å². The summed E-state index contributed by atoms with van der Waals surface area (Å²) in [6.07, 6.45) is 0.582. The molecule has 5 N–H and O–H groups in total. The van der Waals surface area contributed by atoms with E-state index in [4.69, 9.17) is 34.6 Å². The molecule has 1 rings (SSSR count). The number of carbonyl (C=O) groups is 2. The van der Waals surface area contributed by atoms with Crippen LogP contribution in [-0.4, -0.2) is 51.0 Å². The molecule has 0 bridgehead atoms. The Hall–Kier alpha value is -1.55. The number of hydrogen-bond acceptors (Lipinski definition) is 4. The van der Waals surface area contributed by atoms with Crippen molar-refractivity contribution in [2.75, 3.05) is 0 Å². The van der Waals surface area contributed by atoms with Gasteiger partial charge in [0.2, 0.25) is 0 Å². The van der Waals surface area contributed by atoms with Crippen LogP contribution in [0.25, 0.3) is 0 Å². The topological polar surface area (TPSA) is 169 Å². The SMILES string of the molecule is O=C(O)O.O=C(O)O.O=S(=O)(O)C1CCCCC1. The Kier molecular flexibility index (Phi) is 9.90. The van der Waals surface area contributed by atoms with Crippen LogP contribution < -0.4 is 0 Å². The van der Waals surface area contributed by atoms with E-state index in [-0.39, 0.29) is 0 Å². The van der Waals surface area contributed by atoms with Crippen LogP contribution in [0, 0.1) is 0 Å². The van der Waals surface area contributed by atoms with Crippen molar-refractivity contribution in [3.63, 3.8) is 0 Å². The molecule has 0 aromatic rings. The molecule has 0 aromatic carbocycles. The van der Waals surface area contributed by atoms with E-state index in [1.165, 1.54) is 0 Å². The fourth-order valence-corrected chi connectivity index (χ4v) is 2.29. The first kappa shape index (κ1) is 18.8. The lowest BCUT2D eigenvalue weighted by Crippen LogP contribution is -2.22.